The topological polar surface area (TPSA) is 65.1 Å². The van der Waals surface area contributed by atoms with Gasteiger partial charge in [0.25, 0.3) is 0 Å². The Hall–Kier alpha value is -1.61. The van der Waals surface area contributed by atoms with E-state index in [2.05, 4.69) is 45.4 Å². The minimum absolute atomic E-state index is 0.00694. The van der Waals surface area contributed by atoms with Gasteiger partial charge in [0.1, 0.15) is 0 Å². The average molecular weight is 421 g/mol. The molecule has 0 bridgehead atoms. The molecular formula is C21H32N4O3S. The first kappa shape index (κ1) is 22.1. The molecule has 2 amide bonds. The number of ether oxygens (including phenoxy) is 1. The van der Waals surface area contributed by atoms with E-state index in [0.29, 0.717) is 44.4 Å². The molecule has 2 fully saturated rings. The lowest BCUT2D eigenvalue weighted by Crippen LogP contribution is -2.48. The van der Waals surface area contributed by atoms with E-state index in [0.717, 1.165) is 39.3 Å². The minimum Gasteiger partial charge on any atom is -0.378 e. The summed E-state index contributed by atoms with van der Waals surface area (Å²) in [6.07, 6.45) is 0. The summed E-state index contributed by atoms with van der Waals surface area (Å²) in [4.78, 5) is 30.7. The summed E-state index contributed by atoms with van der Waals surface area (Å²) < 4.78 is 5.25. The molecule has 2 aliphatic rings. The number of piperazine rings is 1. The Labute approximate surface area is 177 Å². The summed E-state index contributed by atoms with van der Waals surface area (Å²) in [5, 5.41) is 2.97. The normalized spacial score (nSPS) is 18.6. The highest BCUT2D eigenvalue weighted by atomic mass is 32.2. The highest BCUT2D eigenvalue weighted by Gasteiger charge is 2.18. The van der Waals surface area contributed by atoms with E-state index in [1.807, 2.05) is 4.90 Å². The molecule has 0 radical (unpaired) electrons. The molecule has 2 saturated heterocycles. The number of hydrogen-bond acceptors (Lipinski definition) is 6. The summed E-state index contributed by atoms with van der Waals surface area (Å²) in [6.45, 7) is 9.26. The minimum atomic E-state index is 0.00694. The third-order valence-electron chi connectivity index (χ3n) is 5.29. The first-order valence-electron chi connectivity index (χ1n) is 10.4. The Bertz CT molecular complexity index is 632. The molecule has 0 atom stereocenters. The van der Waals surface area contributed by atoms with Crippen LogP contribution in [0.1, 0.15) is 5.56 Å². The molecule has 0 spiro atoms. The number of morpholine rings is 1. The van der Waals surface area contributed by atoms with Crippen LogP contribution in [0.15, 0.2) is 30.3 Å². The monoisotopic (exact) mass is 420 g/mol. The van der Waals surface area contributed by atoms with Gasteiger partial charge in [0.2, 0.25) is 11.8 Å². The van der Waals surface area contributed by atoms with Crippen molar-refractivity contribution in [1.29, 1.82) is 0 Å². The van der Waals surface area contributed by atoms with Crippen LogP contribution in [0.2, 0.25) is 0 Å². The van der Waals surface area contributed by atoms with Gasteiger partial charge in [-0.05, 0) is 5.56 Å². The predicted molar refractivity (Wildman–Crippen MR) is 116 cm³/mol. The van der Waals surface area contributed by atoms with Crippen LogP contribution in [0.25, 0.3) is 0 Å². The number of carbonyl (C=O) groups is 2. The molecule has 7 nitrogen and oxygen atoms in total. The average Bonchev–Trinajstić information content (AvgIpc) is 2.76. The van der Waals surface area contributed by atoms with E-state index >= 15 is 0 Å². The molecule has 0 unspecified atom stereocenters. The molecule has 8 heteroatoms. The number of thioether (sulfide) groups is 1. The van der Waals surface area contributed by atoms with Crippen molar-refractivity contribution in [1.82, 2.24) is 20.0 Å². The number of amides is 2. The van der Waals surface area contributed by atoms with Gasteiger partial charge < -0.3 is 15.0 Å². The van der Waals surface area contributed by atoms with Gasteiger partial charge in [-0.15, -0.1) is 11.8 Å². The van der Waals surface area contributed by atoms with E-state index in [1.54, 1.807) is 0 Å². The molecular weight excluding hydrogens is 388 g/mol. The van der Waals surface area contributed by atoms with Gasteiger partial charge >= 0.3 is 0 Å². The number of nitrogens with one attached hydrogen (secondary N) is 1. The number of carbonyl (C=O) groups excluding carboxylic acids is 2. The molecule has 2 aliphatic heterocycles. The number of nitrogens with zero attached hydrogens (tertiary/aromatic N) is 3. The van der Waals surface area contributed by atoms with Crippen molar-refractivity contribution in [2.45, 2.75) is 6.54 Å². The molecule has 0 aliphatic carbocycles. The van der Waals surface area contributed by atoms with Crippen molar-refractivity contribution < 1.29 is 14.3 Å². The van der Waals surface area contributed by atoms with Gasteiger partial charge in [0.15, 0.2) is 0 Å². The summed E-state index contributed by atoms with van der Waals surface area (Å²) in [7, 11) is 0. The number of benzene rings is 1. The van der Waals surface area contributed by atoms with Crippen LogP contribution in [0.3, 0.4) is 0 Å². The first-order chi connectivity index (χ1) is 14.2. The maximum absolute atomic E-state index is 12.0. The predicted octanol–water partition coefficient (Wildman–Crippen LogP) is 0.512. The van der Waals surface area contributed by atoms with Crippen LogP contribution in [-0.2, 0) is 20.9 Å². The van der Waals surface area contributed by atoms with E-state index < -0.39 is 0 Å². The van der Waals surface area contributed by atoms with Crippen LogP contribution in [-0.4, -0.2) is 104 Å². The lowest BCUT2D eigenvalue weighted by molar-refractivity contribution is -0.132. The van der Waals surface area contributed by atoms with E-state index in [1.165, 1.54) is 17.3 Å². The Kier molecular flexibility index (Phi) is 9.27. The van der Waals surface area contributed by atoms with Crippen LogP contribution < -0.4 is 5.32 Å². The maximum atomic E-state index is 12.0. The van der Waals surface area contributed by atoms with Gasteiger partial charge in [-0.2, -0.15) is 0 Å². The van der Waals surface area contributed by atoms with Gasteiger partial charge in [-0.1, -0.05) is 30.3 Å². The van der Waals surface area contributed by atoms with Crippen molar-refractivity contribution >= 4 is 23.6 Å². The molecule has 1 aromatic carbocycles. The van der Waals surface area contributed by atoms with Crippen molar-refractivity contribution in [3.8, 4) is 0 Å². The molecule has 2 heterocycles. The summed E-state index contributed by atoms with van der Waals surface area (Å²) in [5.74, 6) is 0.796. The number of hydrogen-bond donors (Lipinski definition) is 1. The molecule has 160 valence electrons. The SMILES string of the molecule is O=C(CSCC(=O)N1CCOCC1)NCCN1CCN(Cc2ccccc2)CC1. The lowest BCUT2D eigenvalue weighted by atomic mass is 10.2. The zero-order valence-corrected chi connectivity index (χ0v) is 17.9. The Morgan fingerprint density at radius 1 is 0.931 bits per heavy atom. The zero-order chi connectivity index (χ0) is 20.3. The molecule has 3 rings (SSSR count). The Morgan fingerprint density at radius 3 is 2.34 bits per heavy atom. The zero-order valence-electron chi connectivity index (χ0n) is 17.1. The van der Waals surface area contributed by atoms with Crippen LogP contribution in [0.4, 0.5) is 0 Å². The third-order valence-corrected chi connectivity index (χ3v) is 6.20. The smallest absolute Gasteiger partial charge is 0.232 e. The number of rotatable bonds is 9. The first-order valence-corrected chi connectivity index (χ1v) is 11.5. The third kappa shape index (κ3) is 7.97. The fourth-order valence-electron chi connectivity index (χ4n) is 3.55. The second kappa shape index (κ2) is 12.2. The maximum Gasteiger partial charge on any atom is 0.232 e. The highest BCUT2D eigenvalue weighted by molar-refractivity contribution is 8.00. The van der Waals surface area contributed by atoms with Gasteiger partial charge in [0.05, 0.1) is 24.7 Å². The van der Waals surface area contributed by atoms with E-state index in [9.17, 15) is 9.59 Å². The Balaban J connectivity index is 1.21. The van der Waals surface area contributed by atoms with Crippen molar-refractivity contribution in [3.05, 3.63) is 35.9 Å². The van der Waals surface area contributed by atoms with Crippen LogP contribution >= 0.6 is 11.8 Å². The van der Waals surface area contributed by atoms with Crippen molar-refractivity contribution in [2.24, 2.45) is 0 Å². The molecule has 0 saturated carbocycles. The lowest BCUT2D eigenvalue weighted by Gasteiger charge is -2.34. The largest absolute Gasteiger partial charge is 0.378 e. The van der Waals surface area contributed by atoms with Crippen molar-refractivity contribution in [3.63, 3.8) is 0 Å². The highest BCUT2D eigenvalue weighted by Crippen LogP contribution is 2.08. The van der Waals surface area contributed by atoms with Gasteiger partial charge in [-0.25, -0.2) is 0 Å². The molecule has 0 aromatic heterocycles. The fourth-order valence-corrected chi connectivity index (χ4v) is 4.30. The second-order valence-electron chi connectivity index (χ2n) is 7.44. The second-order valence-corrected chi connectivity index (χ2v) is 8.42. The van der Waals surface area contributed by atoms with E-state index in [-0.39, 0.29) is 11.8 Å². The molecule has 1 aromatic rings. The molecule has 1 N–H and O–H groups in total. The summed E-state index contributed by atoms with van der Waals surface area (Å²) in [5.41, 5.74) is 1.36. The molecule has 29 heavy (non-hydrogen) atoms. The van der Waals surface area contributed by atoms with Crippen molar-refractivity contribution in [2.75, 3.05) is 77.1 Å². The summed E-state index contributed by atoms with van der Waals surface area (Å²) >= 11 is 1.39. The van der Waals surface area contributed by atoms with Crippen LogP contribution in [0.5, 0.6) is 0 Å². The summed E-state index contributed by atoms with van der Waals surface area (Å²) in [6, 6.07) is 10.6. The standard InChI is InChI=1S/C21H32N4O3S/c26-20(17-29-18-21(27)25-12-14-28-15-13-25)22-6-7-23-8-10-24(11-9-23)16-19-4-2-1-3-5-19/h1-5H,6-18H2,(H,22,26). The van der Waals surface area contributed by atoms with Crippen LogP contribution in [0, 0.1) is 0 Å². The quantitative estimate of drug-likeness (QED) is 0.628. The van der Waals surface area contributed by atoms with E-state index in [4.69, 9.17) is 4.74 Å². The van der Waals surface area contributed by atoms with Gasteiger partial charge in [-0.3, -0.25) is 19.4 Å². The Morgan fingerprint density at radius 2 is 1.62 bits per heavy atom. The fraction of sp³-hybridized carbons (Fsp3) is 0.619. The van der Waals surface area contributed by atoms with Gasteiger partial charge in [0, 0.05) is 58.9 Å².